The van der Waals surface area contributed by atoms with Crippen LogP contribution in [-0.4, -0.2) is 60.9 Å². The lowest BCUT2D eigenvalue weighted by atomic mass is 10.1. The molecule has 182 valence electrons. The summed E-state index contributed by atoms with van der Waals surface area (Å²) in [7, 11) is 3.33. The summed E-state index contributed by atoms with van der Waals surface area (Å²) >= 11 is 0. The first-order chi connectivity index (χ1) is 16.8. The molecule has 0 saturated carbocycles. The molecule has 0 radical (unpaired) electrons. The number of carbonyl (C=O) groups is 1. The van der Waals surface area contributed by atoms with E-state index in [2.05, 4.69) is 10.4 Å². The third kappa shape index (κ3) is 4.79. The van der Waals surface area contributed by atoms with Crippen molar-refractivity contribution < 1.29 is 14.5 Å². The van der Waals surface area contributed by atoms with Gasteiger partial charge < -0.3 is 19.9 Å². The van der Waals surface area contributed by atoms with E-state index in [1.54, 1.807) is 49.4 Å². The second-order valence-electron chi connectivity index (χ2n) is 8.08. The number of amides is 1. The summed E-state index contributed by atoms with van der Waals surface area (Å²) in [6.07, 6.45) is 0. The van der Waals surface area contributed by atoms with Crippen LogP contribution in [0.4, 0.5) is 17.1 Å². The van der Waals surface area contributed by atoms with Crippen LogP contribution in [0.1, 0.15) is 6.92 Å². The second kappa shape index (κ2) is 9.84. The monoisotopic (exact) mass is 478 g/mol. The largest absolute Gasteiger partial charge is 0.497 e. The fraction of sp³-hybridized carbons (Fsp3) is 0.292. The third-order valence-electron chi connectivity index (χ3n) is 5.93. The van der Waals surface area contributed by atoms with Gasteiger partial charge in [-0.1, -0.05) is 12.1 Å². The Morgan fingerprint density at radius 3 is 2.69 bits per heavy atom. The number of nitrogens with zero attached hydrogens (tertiary/aromatic N) is 5. The number of nitrogens with one attached hydrogen (secondary N) is 1. The molecule has 1 fully saturated rings. The molecule has 4 rings (SSSR count). The number of rotatable bonds is 7. The molecule has 0 atom stereocenters. The number of hydrogen-bond donors (Lipinski definition) is 1. The zero-order chi connectivity index (χ0) is 25.1. The number of nitro groups is 1. The van der Waals surface area contributed by atoms with Gasteiger partial charge in [-0.05, 0) is 37.3 Å². The van der Waals surface area contributed by atoms with E-state index in [4.69, 9.17) is 4.74 Å². The highest BCUT2D eigenvalue weighted by atomic mass is 16.6. The van der Waals surface area contributed by atoms with Crippen LogP contribution < -0.4 is 25.4 Å². The molecule has 0 spiro atoms. The SMILES string of the molecule is CCN(C)c1cc(-c2cccc(OC)c2)nn(-c2cc(N3CCNC(=O)C3)ccc2[N+](=O)[O-])c1=O. The first-order valence-corrected chi connectivity index (χ1v) is 11.1. The van der Waals surface area contributed by atoms with Gasteiger partial charge in [0.15, 0.2) is 0 Å². The molecule has 11 nitrogen and oxygen atoms in total. The molecule has 1 aliphatic heterocycles. The number of aromatic nitrogens is 2. The van der Waals surface area contributed by atoms with Crippen molar-refractivity contribution in [3.8, 4) is 22.7 Å². The van der Waals surface area contributed by atoms with Crippen molar-refractivity contribution in [2.75, 3.05) is 50.1 Å². The van der Waals surface area contributed by atoms with Crippen molar-refractivity contribution >= 4 is 23.0 Å². The number of ether oxygens (including phenoxy) is 1. The van der Waals surface area contributed by atoms with Crippen molar-refractivity contribution in [2.45, 2.75) is 6.92 Å². The van der Waals surface area contributed by atoms with Gasteiger partial charge >= 0.3 is 0 Å². The van der Waals surface area contributed by atoms with E-state index in [0.29, 0.717) is 48.0 Å². The number of nitro benzene ring substituents is 1. The number of anilines is 2. The molecule has 1 amide bonds. The van der Waals surface area contributed by atoms with Crippen LogP contribution in [0.15, 0.2) is 53.3 Å². The maximum Gasteiger partial charge on any atom is 0.295 e. The van der Waals surface area contributed by atoms with Gasteiger partial charge in [0.25, 0.3) is 11.2 Å². The Morgan fingerprint density at radius 1 is 1.20 bits per heavy atom. The highest BCUT2D eigenvalue weighted by Crippen LogP contribution is 2.30. The van der Waals surface area contributed by atoms with E-state index < -0.39 is 10.5 Å². The minimum atomic E-state index is -0.544. The molecule has 2 heterocycles. The summed E-state index contributed by atoms with van der Waals surface area (Å²) < 4.78 is 6.39. The predicted molar refractivity (Wildman–Crippen MR) is 133 cm³/mol. The normalized spacial score (nSPS) is 13.3. The maximum absolute atomic E-state index is 13.5. The fourth-order valence-electron chi connectivity index (χ4n) is 3.90. The molecular weight excluding hydrogens is 452 g/mol. The van der Waals surface area contributed by atoms with Gasteiger partial charge in [0.05, 0.1) is 24.3 Å². The number of hydrogen-bond acceptors (Lipinski definition) is 8. The summed E-state index contributed by atoms with van der Waals surface area (Å²) in [4.78, 5) is 40.4. The molecule has 0 aliphatic carbocycles. The first-order valence-electron chi connectivity index (χ1n) is 11.1. The molecule has 2 aromatic carbocycles. The van der Waals surface area contributed by atoms with Gasteiger partial charge in [0.1, 0.15) is 17.1 Å². The van der Waals surface area contributed by atoms with Crippen molar-refractivity contribution in [3.63, 3.8) is 0 Å². The van der Waals surface area contributed by atoms with Crippen LogP contribution in [-0.2, 0) is 4.79 Å². The van der Waals surface area contributed by atoms with Gasteiger partial charge in [-0.3, -0.25) is 19.7 Å². The Kier molecular flexibility index (Phi) is 6.67. The molecular formula is C24H26N6O5. The maximum atomic E-state index is 13.5. The third-order valence-corrected chi connectivity index (χ3v) is 5.93. The number of benzene rings is 2. The Labute approximate surface area is 201 Å². The van der Waals surface area contributed by atoms with Crippen molar-refractivity contribution in [3.05, 3.63) is 69.0 Å². The topological polar surface area (TPSA) is 123 Å². The predicted octanol–water partition coefficient (Wildman–Crippen LogP) is 2.21. The van der Waals surface area contributed by atoms with Crippen LogP contribution in [0.2, 0.25) is 0 Å². The van der Waals surface area contributed by atoms with Gasteiger partial charge in [0, 0.05) is 44.0 Å². The number of carbonyl (C=O) groups excluding carboxylic acids is 1. The van der Waals surface area contributed by atoms with Gasteiger partial charge in [-0.25, -0.2) is 0 Å². The van der Waals surface area contributed by atoms with Crippen LogP contribution in [0.3, 0.4) is 0 Å². The lowest BCUT2D eigenvalue weighted by Gasteiger charge is -2.29. The summed E-state index contributed by atoms with van der Waals surface area (Å²) in [6.45, 7) is 3.56. The van der Waals surface area contributed by atoms with E-state index in [0.717, 1.165) is 4.68 Å². The molecule has 35 heavy (non-hydrogen) atoms. The van der Waals surface area contributed by atoms with Crippen LogP contribution in [0, 0.1) is 10.1 Å². The summed E-state index contributed by atoms with van der Waals surface area (Å²) in [5.41, 5.74) is 1.35. The second-order valence-corrected chi connectivity index (χ2v) is 8.08. The van der Waals surface area contributed by atoms with Crippen molar-refractivity contribution in [1.29, 1.82) is 0 Å². The Morgan fingerprint density at radius 2 is 2.00 bits per heavy atom. The highest BCUT2D eigenvalue weighted by molar-refractivity contribution is 5.83. The Balaban J connectivity index is 1.95. The molecule has 0 bridgehead atoms. The van der Waals surface area contributed by atoms with Gasteiger partial charge in [-0.2, -0.15) is 9.78 Å². The van der Waals surface area contributed by atoms with Crippen molar-refractivity contribution in [1.82, 2.24) is 15.1 Å². The fourth-order valence-corrected chi connectivity index (χ4v) is 3.90. The van der Waals surface area contributed by atoms with Crippen LogP contribution in [0.25, 0.3) is 16.9 Å². The lowest BCUT2D eigenvalue weighted by molar-refractivity contribution is -0.384. The molecule has 0 unspecified atom stereocenters. The average molecular weight is 479 g/mol. The summed E-state index contributed by atoms with van der Waals surface area (Å²) in [5.74, 6) is 0.474. The zero-order valence-electron chi connectivity index (χ0n) is 19.7. The van der Waals surface area contributed by atoms with Gasteiger partial charge in [-0.15, -0.1) is 0 Å². The van der Waals surface area contributed by atoms with E-state index in [1.165, 1.54) is 12.1 Å². The van der Waals surface area contributed by atoms with Crippen LogP contribution >= 0.6 is 0 Å². The van der Waals surface area contributed by atoms with Gasteiger partial charge in [0.2, 0.25) is 5.91 Å². The molecule has 1 N–H and O–H groups in total. The standard InChI is InChI=1S/C24H26N6O5/c1-4-27(2)22-14-19(16-6-5-7-18(12-16)35-3)26-29(24(22)32)21-13-17(8-9-20(21)30(33)34)28-11-10-25-23(31)15-28/h5-9,12-14H,4,10-11,15H2,1-3H3,(H,25,31). The Bertz CT molecular complexity index is 1340. The molecule has 3 aromatic rings. The lowest BCUT2D eigenvalue weighted by Crippen LogP contribution is -2.47. The Hall–Kier alpha value is -4.41. The van der Waals surface area contributed by atoms with E-state index in [-0.39, 0.29) is 23.8 Å². The first kappa shape index (κ1) is 23.7. The molecule has 1 saturated heterocycles. The summed E-state index contributed by atoms with van der Waals surface area (Å²) in [6, 6.07) is 13.3. The van der Waals surface area contributed by atoms with E-state index >= 15 is 0 Å². The van der Waals surface area contributed by atoms with Crippen molar-refractivity contribution in [2.24, 2.45) is 0 Å². The highest BCUT2D eigenvalue weighted by Gasteiger charge is 2.24. The number of piperazine rings is 1. The summed E-state index contributed by atoms with van der Waals surface area (Å²) in [5, 5.41) is 19.2. The average Bonchev–Trinajstić information content (AvgIpc) is 2.88. The molecule has 1 aliphatic rings. The molecule has 11 heteroatoms. The molecule has 1 aromatic heterocycles. The van der Waals surface area contributed by atoms with E-state index in [9.17, 15) is 19.7 Å². The van der Waals surface area contributed by atoms with Crippen LogP contribution in [0.5, 0.6) is 5.75 Å². The minimum Gasteiger partial charge on any atom is -0.497 e. The minimum absolute atomic E-state index is 0.0268. The van der Waals surface area contributed by atoms with E-state index in [1.807, 2.05) is 17.9 Å². The number of methoxy groups -OCH3 is 1. The zero-order valence-corrected chi connectivity index (χ0v) is 19.7. The quantitative estimate of drug-likeness (QED) is 0.405. The smallest absolute Gasteiger partial charge is 0.295 e.